The van der Waals surface area contributed by atoms with Crippen molar-refractivity contribution in [3.05, 3.63) is 64.1 Å². The Bertz CT molecular complexity index is 779. The molecule has 0 saturated carbocycles. The minimum absolute atomic E-state index is 0.202. The number of benzene rings is 2. The summed E-state index contributed by atoms with van der Waals surface area (Å²) in [6, 6.07) is 14.4. The Hall–Kier alpha value is -1.05. The fourth-order valence-corrected chi connectivity index (χ4v) is 2.78. The molecular weight excluding hydrogens is 481 g/mol. The number of carbonyl (C=O) groups excluding carboxylic acids is 1. The molecule has 0 radical (unpaired) electrons. The topological polar surface area (TPSA) is 53.2 Å². The van der Waals surface area contributed by atoms with Crippen LogP contribution in [-0.2, 0) is 0 Å². The van der Waals surface area contributed by atoms with Gasteiger partial charge >= 0.3 is 0 Å². The van der Waals surface area contributed by atoms with E-state index in [4.69, 9.17) is 47.0 Å². The van der Waals surface area contributed by atoms with Crippen LogP contribution in [0.25, 0.3) is 0 Å². The predicted octanol–water partition coefficient (Wildman–Crippen LogP) is 5.17. The number of anilines is 1. The SMILES string of the molecule is Cc1ccc(C(=O)N[C@H](NC(=S)Nc2ccc(Br)cc2)C(Cl)(Cl)Cl)cc1. The second kappa shape index (κ2) is 9.24. The van der Waals surface area contributed by atoms with Crippen LogP contribution in [0.5, 0.6) is 0 Å². The first-order valence-corrected chi connectivity index (χ1v) is 9.76. The van der Waals surface area contributed by atoms with E-state index in [0.29, 0.717) is 5.56 Å². The van der Waals surface area contributed by atoms with Crippen LogP contribution in [0.3, 0.4) is 0 Å². The average molecular weight is 496 g/mol. The van der Waals surface area contributed by atoms with Crippen LogP contribution >= 0.6 is 63.0 Å². The van der Waals surface area contributed by atoms with Gasteiger partial charge in [-0.15, -0.1) is 0 Å². The molecule has 0 bridgehead atoms. The van der Waals surface area contributed by atoms with E-state index in [-0.39, 0.29) is 11.0 Å². The van der Waals surface area contributed by atoms with Crippen molar-refractivity contribution in [3.8, 4) is 0 Å². The minimum Gasteiger partial charge on any atom is -0.339 e. The highest BCUT2D eigenvalue weighted by Gasteiger charge is 2.34. The van der Waals surface area contributed by atoms with Crippen molar-refractivity contribution in [2.24, 2.45) is 0 Å². The molecule has 26 heavy (non-hydrogen) atoms. The molecule has 0 aliphatic rings. The van der Waals surface area contributed by atoms with Crippen molar-refractivity contribution < 1.29 is 4.79 Å². The molecule has 0 aliphatic heterocycles. The summed E-state index contributed by atoms with van der Waals surface area (Å²) >= 11 is 26.5. The Labute approximate surface area is 180 Å². The van der Waals surface area contributed by atoms with Gasteiger partial charge in [0.2, 0.25) is 3.79 Å². The van der Waals surface area contributed by atoms with Gasteiger partial charge in [-0.1, -0.05) is 68.4 Å². The molecule has 1 amide bonds. The van der Waals surface area contributed by atoms with E-state index in [1.54, 1.807) is 12.1 Å². The van der Waals surface area contributed by atoms with Gasteiger partial charge in [0.15, 0.2) is 5.11 Å². The molecule has 2 aromatic rings. The molecule has 9 heteroatoms. The zero-order chi connectivity index (χ0) is 19.3. The Morgan fingerprint density at radius 3 is 2.15 bits per heavy atom. The van der Waals surface area contributed by atoms with E-state index in [2.05, 4.69) is 31.9 Å². The molecule has 0 aliphatic carbocycles. The van der Waals surface area contributed by atoms with Crippen molar-refractivity contribution in [1.82, 2.24) is 10.6 Å². The number of carbonyl (C=O) groups is 1. The maximum atomic E-state index is 12.4. The maximum absolute atomic E-state index is 12.4. The van der Waals surface area contributed by atoms with Crippen LogP contribution in [0, 0.1) is 6.92 Å². The Kier molecular flexibility index (Phi) is 7.55. The molecule has 0 heterocycles. The number of amides is 1. The second-order valence-corrected chi connectivity index (χ2v) is 9.11. The van der Waals surface area contributed by atoms with E-state index in [0.717, 1.165) is 15.7 Å². The molecule has 2 rings (SSSR count). The van der Waals surface area contributed by atoms with Crippen LogP contribution in [0.1, 0.15) is 15.9 Å². The lowest BCUT2D eigenvalue weighted by Gasteiger charge is -2.27. The normalized spacial score (nSPS) is 12.2. The van der Waals surface area contributed by atoms with E-state index in [9.17, 15) is 4.79 Å². The van der Waals surface area contributed by atoms with Gasteiger partial charge in [0.25, 0.3) is 5.91 Å². The van der Waals surface area contributed by atoms with Crippen LogP contribution < -0.4 is 16.0 Å². The summed E-state index contributed by atoms with van der Waals surface area (Å²) in [5.41, 5.74) is 2.24. The van der Waals surface area contributed by atoms with Gasteiger partial charge in [0.05, 0.1) is 0 Å². The number of hydrogen-bond acceptors (Lipinski definition) is 2. The number of hydrogen-bond donors (Lipinski definition) is 3. The number of thiocarbonyl (C=S) groups is 1. The third-order valence-corrected chi connectivity index (χ3v) is 4.70. The molecule has 0 fully saturated rings. The standard InChI is InChI=1S/C17H15BrCl3N3OS/c1-10-2-4-11(5-3-10)14(25)23-15(17(19,20)21)24-16(26)22-13-8-6-12(18)7-9-13/h2-9,15H,1H3,(H,23,25)(H2,22,24,26)/t15-/m1/s1. The van der Waals surface area contributed by atoms with E-state index < -0.39 is 9.96 Å². The fourth-order valence-electron chi connectivity index (χ4n) is 1.95. The molecular formula is C17H15BrCl3N3OS. The largest absolute Gasteiger partial charge is 0.339 e. The maximum Gasteiger partial charge on any atom is 0.252 e. The quantitative estimate of drug-likeness (QED) is 0.311. The molecule has 0 aromatic heterocycles. The molecule has 0 spiro atoms. The lowest BCUT2D eigenvalue weighted by atomic mass is 10.1. The first kappa shape index (κ1) is 21.3. The van der Waals surface area contributed by atoms with Crippen molar-refractivity contribution in [1.29, 1.82) is 0 Å². The van der Waals surface area contributed by atoms with E-state index in [1.807, 2.05) is 43.3 Å². The monoisotopic (exact) mass is 493 g/mol. The third kappa shape index (κ3) is 6.59. The smallest absolute Gasteiger partial charge is 0.252 e. The Morgan fingerprint density at radius 1 is 1.04 bits per heavy atom. The highest BCUT2D eigenvalue weighted by atomic mass is 79.9. The highest BCUT2D eigenvalue weighted by molar-refractivity contribution is 9.10. The van der Waals surface area contributed by atoms with Crippen molar-refractivity contribution in [3.63, 3.8) is 0 Å². The van der Waals surface area contributed by atoms with Crippen LogP contribution in [0.2, 0.25) is 0 Å². The summed E-state index contributed by atoms with van der Waals surface area (Å²) < 4.78 is -0.877. The molecule has 0 unspecified atom stereocenters. The van der Waals surface area contributed by atoms with Gasteiger partial charge in [-0.2, -0.15) is 0 Å². The zero-order valence-corrected chi connectivity index (χ0v) is 18.2. The molecule has 138 valence electrons. The molecule has 4 nitrogen and oxygen atoms in total. The van der Waals surface area contributed by atoms with Crippen molar-refractivity contribution >= 4 is 79.7 Å². The average Bonchev–Trinajstić information content (AvgIpc) is 2.56. The van der Waals surface area contributed by atoms with Gasteiger partial charge in [-0.05, 0) is 55.5 Å². The van der Waals surface area contributed by atoms with Gasteiger partial charge in [0, 0.05) is 15.7 Å². The summed E-state index contributed by atoms with van der Waals surface area (Å²) in [5, 5.41) is 8.62. The number of aryl methyl sites for hydroxylation is 1. The zero-order valence-electron chi connectivity index (χ0n) is 13.5. The molecule has 1 atom stereocenters. The second-order valence-electron chi connectivity index (χ2n) is 5.42. The van der Waals surface area contributed by atoms with Gasteiger partial charge in [-0.25, -0.2) is 0 Å². The van der Waals surface area contributed by atoms with Crippen LogP contribution in [0.15, 0.2) is 53.0 Å². The molecule has 3 N–H and O–H groups in total. The first-order chi connectivity index (χ1) is 12.1. The lowest BCUT2D eigenvalue weighted by Crippen LogP contribution is -2.56. The number of alkyl halides is 3. The summed E-state index contributed by atoms with van der Waals surface area (Å²) in [6.07, 6.45) is -1.03. The highest BCUT2D eigenvalue weighted by Crippen LogP contribution is 2.29. The first-order valence-electron chi connectivity index (χ1n) is 7.42. The predicted molar refractivity (Wildman–Crippen MR) is 116 cm³/mol. The number of rotatable bonds is 4. The van der Waals surface area contributed by atoms with Gasteiger partial charge in [0.1, 0.15) is 6.17 Å². The summed E-state index contributed by atoms with van der Waals surface area (Å²) in [5.74, 6) is -0.389. The summed E-state index contributed by atoms with van der Waals surface area (Å²) in [4.78, 5) is 12.4. The minimum atomic E-state index is -1.81. The summed E-state index contributed by atoms with van der Waals surface area (Å²) in [7, 11) is 0. The van der Waals surface area contributed by atoms with Crippen LogP contribution in [-0.4, -0.2) is 21.0 Å². The third-order valence-electron chi connectivity index (χ3n) is 3.29. The number of halogens is 4. The van der Waals surface area contributed by atoms with Crippen molar-refractivity contribution in [2.75, 3.05) is 5.32 Å². The lowest BCUT2D eigenvalue weighted by molar-refractivity contribution is 0.0934. The summed E-state index contributed by atoms with van der Waals surface area (Å²) in [6.45, 7) is 1.93. The molecule has 2 aromatic carbocycles. The Morgan fingerprint density at radius 2 is 1.62 bits per heavy atom. The van der Waals surface area contributed by atoms with Gasteiger partial charge in [-0.3, -0.25) is 4.79 Å². The van der Waals surface area contributed by atoms with Crippen molar-refractivity contribution in [2.45, 2.75) is 16.9 Å². The van der Waals surface area contributed by atoms with Crippen LogP contribution in [0.4, 0.5) is 5.69 Å². The van der Waals surface area contributed by atoms with E-state index >= 15 is 0 Å². The fraction of sp³-hybridized carbons (Fsp3) is 0.176. The van der Waals surface area contributed by atoms with E-state index in [1.165, 1.54) is 0 Å². The Balaban J connectivity index is 2.04. The molecule has 0 saturated heterocycles. The van der Waals surface area contributed by atoms with Gasteiger partial charge < -0.3 is 16.0 Å². The number of nitrogens with one attached hydrogen (secondary N) is 3.